The lowest BCUT2D eigenvalue weighted by molar-refractivity contribution is -0.137. The molecule has 0 aromatic carbocycles. The minimum Gasteiger partial charge on any atom is -0.481 e. The summed E-state index contributed by atoms with van der Waals surface area (Å²) in [6, 6.07) is 1.12. The lowest BCUT2D eigenvalue weighted by Gasteiger charge is -2.14. The molecule has 0 saturated carbocycles. The fraction of sp³-hybridized carbons (Fsp3) is 0.467. The number of amides is 1. The van der Waals surface area contributed by atoms with Crippen molar-refractivity contribution < 1.29 is 14.7 Å². The molecule has 2 heterocycles. The molecular formula is C15H19N3O4S. The summed E-state index contributed by atoms with van der Waals surface area (Å²) in [5.74, 6) is -1.23. The fourth-order valence-electron chi connectivity index (χ4n) is 2.16. The summed E-state index contributed by atoms with van der Waals surface area (Å²) in [5.41, 5.74) is -0.237. The largest absolute Gasteiger partial charge is 0.481 e. The summed E-state index contributed by atoms with van der Waals surface area (Å²) >= 11 is 1.48. The van der Waals surface area contributed by atoms with Crippen molar-refractivity contribution >= 4 is 33.4 Å². The summed E-state index contributed by atoms with van der Waals surface area (Å²) in [7, 11) is 0. The lowest BCUT2D eigenvalue weighted by Crippen LogP contribution is -2.36. The van der Waals surface area contributed by atoms with Crippen LogP contribution in [0.25, 0.3) is 10.2 Å². The summed E-state index contributed by atoms with van der Waals surface area (Å²) in [6.07, 6.45) is 2.57. The molecule has 124 valence electrons. The fourth-order valence-corrected chi connectivity index (χ4v) is 3.09. The Kier molecular flexibility index (Phi) is 5.49. The normalized spacial score (nSPS) is 12.3. The highest BCUT2D eigenvalue weighted by Gasteiger charge is 2.18. The first-order valence-corrected chi connectivity index (χ1v) is 8.24. The number of hydrogen-bond acceptors (Lipinski definition) is 5. The predicted molar refractivity (Wildman–Crippen MR) is 87.8 cm³/mol. The van der Waals surface area contributed by atoms with E-state index in [4.69, 9.17) is 5.11 Å². The van der Waals surface area contributed by atoms with Gasteiger partial charge >= 0.3 is 5.97 Å². The minimum atomic E-state index is -0.901. The number of carbonyl (C=O) groups excluding carboxylic acids is 1. The van der Waals surface area contributed by atoms with Gasteiger partial charge in [0.25, 0.3) is 5.56 Å². The van der Waals surface area contributed by atoms with Gasteiger partial charge in [-0.25, -0.2) is 4.98 Å². The lowest BCUT2D eigenvalue weighted by atomic mass is 10.2. The molecule has 7 nitrogen and oxygen atoms in total. The molecule has 8 heteroatoms. The number of aryl methyl sites for hydroxylation is 1. The summed E-state index contributed by atoms with van der Waals surface area (Å²) in [6.45, 7) is 3.89. The van der Waals surface area contributed by atoms with Crippen molar-refractivity contribution in [2.75, 3.05) is 6.54 Å². The quantitative estimate of drug-likeness (QED) is 0.747. The maximum Gasteiger partial charge on any atom is 0.303 e. The van der Waals surface area contributed by atoms with Crippen LogP contribution >= 0.6 is 11.3 Å². The maximum atomic E-state index is 12.5. The molecule has 2 aromatic heterocycles. The van der Waals surface area contributed by atoms with E-state index in [1.165, 1.54) is 22.2 Å². The van der Waals surface area contributed by atoms with Crippen LogP contribution in [0.2, 0.25) is 0 Å². The van der Waals surface area contributed by atoms with Crippen LogP contribution in [0.1, 0.15) is 37.6 Å². The van der Waals surface area contributed by atoms with E-state index in [1.54, 1.807) is 6.92 Å². The molecular weight excluding hydrogens is 318 g/mol. The number of thiophene rings is 1. The van der Waals surface area contributed by atoms with Gasteiger partial charge in [-0.15, -0.1) is 11.3 Å². The van der Waals surface area contributed by atoms with E-state index < -0.39 is 12.0 Å². The average Bonchev–Trinajstić information content (AvgIpc) is 2.95. The van der Waals surface area contributed by atoms with Gasteiger partial charge in [-0.3, -0.25) is 19.0 Å². The Morgan fingerprint density at radius 2 is 2.22 bits per heavy atom. The van der Waals surface area contributed by atoms with Gasteiger partial charge in [0.2, 0.25) is 5.91 Å². The molecule has 1 amide bonds. The summed E-state index contributed by atoms with van der Waals surface area (Å²) in [5, 5.41) is 11.7. The Hall–Kier alpha value is -2.22. The smallest absolute Gasteiger partial charge is 0.303 e. The topological polar surface area (TPSA) is 101 Å². The number of rotatable bonds is 7. The van der Waals surface area contributed by atoms with Crippen molar-refractivity contribution in [3.05, 3.63) is 27.6 Å². The van der Waals surface area contributed by atoms with Crippen LogP contribution in [0.15, 0.2) is 17.2 Å². The maximum absolute atomic E-state index is 12.5. The number of nitrogens with zero attached hydrogens (tertiary/aromatic N) is 2. The number of hydrogen-bond donors (Lipinski definition) is 2. The van der Waals surface area contributed by atoms with Crippen LogP contribution in [0.4, 0.5) is 0 Å². The molecule has 23 heavy (non-hydrogen) atoms. The average molecular weight is 337 g/mol. The summed E-state index contributed by atoms with van der Waals surface area (Å²) in [4.78, 5) is 41.0. The van der Waals surface area contributed by atoms with Gasteiger partial charge < -0.3 is 10.4 Å². The molecule has 0 aliphatic rings. The first-order valence-electron chi connectivity index (χ1n) is 7.43. The van der Waals surface area contributed by atoms with E-state index in [0.29, 0.717) is 16.6 Å². The Balaban J connectivity index is 2.12. The van der Waals surface area contributed by atoms with Crippen LogP contribution in [-0.2, 0) is 16.0 Å². The molecule has 2 rings (SSSR count). The molecule has 0 bridgehead atoms. The second-order valence-corrected chi connectivity index (χ2v) is 6.32. The molecule has 1 atom stereocenters. The van der Waals surface area contributed by atoms with E-state index in [-0.39, 0.29) is 24.4 Å². The second-order valence-electron chi connectivity index (χ2n) is 5.21. The van der Waals surface area contributed by atoms with Crippen molar-refractivity contribution in [2.45, 2.75) is 39.2 Å². The van der Waals surface area contributed by atoms with Crippen molar-refractivity contribution in [3.8, 4) is 0 Å². The van der Waals surface area contributed by atoms with Crippen LogP contribution in [0.5, 0.6) is 0 Å². The number of nitrogens with one attached hydrogen (secondary N) is 1. The molecule has 0 aliphatic carbocycles. The van der Waals surface area contributed by atoms with Crippen LogP contribution in [0.3, 0.4) is 0 Å². The number of fused-ring (bicyclic) bond motifs is 1. The molecule has 0 radical (unpaired) electrons. The highest BCUT2D eigenvalue weighted by molar-refractivity contribution is 7.18. The van der Waals surface area contributed by atoms with Gasteiger partial charge in [0.1, 0.15) is 10.9 Å². The van der Waals surface area contributed by atoms with Crippen LogP contribution < -0.4 is 10.9 Å². The van der Waals surface area contributed by atoms with Crippen molar-refractivity contribution in [1.29, 1.82) is 0 Å². The van der Waals surface area contributed by atoms with Gasteiger partial charge in [-0.2, -0.15) is 0 Å². The van der Waals surface area contributed by atoms with Crippen molar-refractivity contribution in [3.63, 3.8) is 0 Å². The van der Waals surface area contributed by atoms with E-state index in [0.717, 1.165) is 11.3 Å². The molecule has 0 saturated heterocycles. The Morgan fingerprint density at radius 3 is 2.87 bits per heavy atom. The molecule has 2 aromatic rings. The zero-order chi connectivity index (χ0) is 17.0. The Morgan fingerprint density at radius 1 is 1.48 bits per heavy atom. The standard InChI is InChI=1S/C15H19N3O4S/c1-3-10-7-11-14(23-10)17-8-18(15(11)22)9(2)13(21)16-6-4-5-12(19)20/h7-9H,3-6H2,1-2H3,(H,16,21)(H,19,20). The third-order valence-electron chi connectivity index (χ3n) is 3.54. The minimum absolute atomic E-state index is 0.00315. The number of aromatic nitrogens is 2. The summed E-state index contributed by atoms with van der Waals surface area (Å²) < 4.78 is 1.31. The Labute approximate surface area is 137 Å². The highest BCUT2D eigenvalue weighted by atomic mass is 32.1. The van der Waals surface area contributed by atoms with E-state index in [2.05, 4.69) is 10.3 Å². The number of carbonyl (C=O) groups is 2. The van der Waals surface area contributed by atoms with E-state index >= 15 is 0 Å². The first-order chi connectivity index (χ1) is 10.9. The first kappa shape index (κ1) is 17.1. The van der Waals surface area contributed by atoms with E-state index in [9.17, 15) is 14.4 Å². The number of aliphatic carboxylic acids is 1. The van der Waals surface area contributed by atoms with Gasteiger partial charge in [0.15, 0.2) is 0 Å². The van der Waals surface area contributed by atoms with Crippen molar-refractivity contribution in [2.24, 2.45) is 0 Å². The van der Waals surface area contributed by atoms with Crippen LogP contribution in [-0.4, -0.2) is 33.1 Å². The number of carboxylic acids is 1. The molecule has 0 fully saturated rings. The van der Waals surface area contributed by atoms with Gasteiger partial charge in [0.05, 0.1) is 11.7 Å². The van der Waals surface area contributed by atoms with Gasteiger partial charge in [0, 0.05) is 17.8 Å². The van der Waals surface area contributed by atoms with E-state index in [1.807, 2.05) is 13.0 Å². The molecule has 0 aliphatic heterocycles. The van der Waals surface area contributed by atoms with Crippen LogP contribution in [0, 0.1) is 0 Å². The third kappa shape index (κ3) is 3.95. The van der Waals surface area contributed by atoms with Gasteiger partial charge in [-0.1, -0.05) is 6.92 Å². The molecule has 2 N–H and O–H groups in total. The van der Waals surface area contributed by atoms with Gasteiger partial charge in [-0.05, 0) is 25.8 Å². The zero-order valence-corrected chi connectivity index (χ0v) is 13.9. The Bertz CT molecular complexity index is 781. The molecule has 1 unspecified atom stereocenters. The zero-order valence-electron chi connectivity index (χ0n) is 13.0. The van der Waals surface area contributed by atoms with Crippen molar-refractivity contribution in [1.82, 2.24) is 14.9 Å². The second kappa shape index (κ2) is 7.36. The monoisotopic (exact) mass is 337 g/mol. The number of carboxylic acid groups (broad SMARTS) is 1. The third-order valence-corrected chi connectivity index (χ3v) is 4.73. The SMILES string of the molecule is CCc1cc2c(=O)n(C(C)C(=O)NCCCC(=O)O)cnc2s1. The predicted octanol–water partition coefficient (Wildman–Crippen LogP) is 1.56. The highest BCUT2D eigenvalue weighted by Crippen LogP contribution is 2.21. The molecule has 0 spiro atoms.